The molecule has 1 amide bonds. The monoisotopic (exact) mass is 147 g/mol. The van der Waals surface area contributed by atoms with Gasteiger partial charge in [-0.3, -0.25) is 0 Å². The fourth-order valence-electron chi connectivity index (χ4n) is 0.513. The first-order valence-corrected chi connectivity index (χ1v) is 3.00. The van der Waals surface area contributed by atoms with E-state index in [0.29, 0.717) is 0 Å². The van der Waals surface area contributed by atoms with Gasteiger partial charge in [0, 0.05) is 5.75 Å². The third-order valence-electron chi connectivity index (χ3n) is 0.952. The van der Waals surface area contributed by atoms with E-state index in [2.05, 4.69) is 22.7 Å². The number of amides is 1. The molecule has 1 heterocycles. The van der Waals surface area contributed by atoms with Crippen LogP contribution in [0.4, 0.5) is 4.79 Å². The lowest BCUT2D eigenvalue weighted by atomic mass is 10.4. The van der Waals surface area contributed by atoms with Crippen LogP contribution >= 0.6 is 12.6 Å². The second-order valence-electron chi connectivity index (χ2n) is 1.59. The minimum atomic E-state index is -0.681. The molecule has 0 aromatic carbocycles. The summed E-state index contributed by atoms with van der Waals surface area (Å²) >= 11 is 3.80. The van der Waals surface area contributed by atoms with Crippen molar-refractivity contribution in [3.05, 3.63) is 0 Å². The molecule has 1 atom stereocenters. The second-order valence-corrected chi connectivity index (χ2v) is 1.95. The predicted molar refractivity (Wildman–Crippen MR) is 32.3 cm³/mol. The Morgan fingerprint density at radius 1 is 1.67 bits per heavy atom. The highest BCUT2D eigenvalue weighted by atomic mass is 32.1. The molecule has 50 valence electrons. The van der Waals surface area contributed by atoms with Crippen LogP contribution in [-0.2, 0) is 9.53 Å². The van der Waals surface area contributed by atoms with Gasteiger partial charge >= 0.3 is 12.1 Å². The van der Waals surface area contributed by atoms with Crippen molar-refractivity contribution in [1.82, 2.24) is 5.32 Å². The fraction of sp³-hybridized carbons (Fsp3) is 0.500. The van der Waals surface area contributed by atoms with Gasteiger partial charge in [0.25, 0.3) is 0 Å². The Hall–Kier alpha value is -0.710. The molecule has 1 fully saturated rings. The summed E-state index contributed by atoms with van der Waals surface area (Å²) in [6.07, 6.45) is -0.681. The van der Waals surface area contributed by atoms with Crippen molar-refractivity contribution >= 4 is 24.7 Å². The van der Waals surface area contributed by atoms with Gasteiger partial charge in [0.15, 0.2) is 0 Å². The van der Waals surface area contributed by atoms with Gasteiger partial charge in [-0.25, -0.2) is 9.59 Å². The molecule has 0 saturated carbocycles. The molecule has 1 saturated heterocycles. The van der Waals surface area contributed by atoms with Crippen LogP contribution in [0.3, 0.4) is 0 Å². The standard InChI is InChI=1S/C4H5NO3S/c6-3-2(1-9)5-4(7)8-3/h2,9H,1H2,(H,5,7)/t2-/m0/s1. The number of hydrogen-bond acceptors (Lipinski definition) is 4. The van der Waals surface area contributed by atoms with Crippen LogP contribution < -0.4 is 5.32 Å². The van der Waals surface area contributed by atoms with Crippen molar-refractivity contribution in [2.24, 2.45) is 0 Å². The molecule has 0 aliphatic carbocycles. The van der Waals surface area contributed by atoms with E-state index in [4.69, 9.17) is 0 Å². The van der Waals surface area contributed by atoms with E-state index in [1.807, 2.05) is 0 Å². The SMILES string of the molecule is O=C1N[C@@H](CS)C(=O)O1. The quantitative estimate of drug-likeness (QED) is 0.300. The zero-order valence-corrected chi connectivity index (χ0v) is 5.35. The number of thiol groups is 1. The highest BCUT2D eigenvalue weighted by molar-refractivity contribution is 7.80. The van der Waals surface area contributed by atoms with Crippen molar-refractivity contribution in [3.8, 4) is 0 Å². The average Bonchev–Trinajstić information content (AvgIpc) is 2.10. The molecule has 1 aliphatic rings. The lowest BCUT2D eigenvalue weighted by Gasteiger charge is -1.95. The maximum Gasteiger partial charge on any atom is 0.415 e. The lowest BCUT2D eigenvalue weighted by molar-refractivity contribution is -0.134. The molecule has 0 unspecified atom stereocenters. The van der Waals surface area contributed by atoms with Gasteiger partial charge in [0.2, 0.25) is 0 Å². The number of cyclic esters (lactones) is 2. The van der Waals surface area contributed by atoms with E-state index in [1.54, 1.807) is 0 Å². The number of esters is 1. The fourth-order valence-corrected chi connectivity index (χ4v) is 0.754. The molecule has 9 heavy (non-hydrogen) atoms. The number of rotatable bonds is 1. The Morgan fingerprint density at radius 2 is 2.33 bits per heavy atom. The second kappa shape index (κ2) is 2.26. The van der Waals surface area contributed by atoms with Gasteiger partial charge in [-0.15, -0.1) is 0 Å². The summed E-state index contributed by atoms with van der Waals surface area (Å²) in [5.74, 6) is -0.264. The summed E-state index contributed by atoms with van der Waals surface area (Å²) in [5.41, 5.74) is 0. The van der Waals surface area contributed by atoms with Crippen molar-refractivity contribution in [3.63, 3.8) is 0 Å². The molecule has 4 nitrogen and oxygen atoms in total. The first kappa shape index (κ1) is 6.41. The summed E-state index contributed by atoms with van der Waals surface area (Å²) < 4.78 is 4.13. The van der Waals surface area contributed by atoms with E-state index in [0.717, 1.165) is 0 Å². The minimum Gasteiger partial charge on any atom is -0.375 e. The zero-order valence-electron chi connectivity index (χ0n) is 4.46. The van der Waals surface area contributed by atoms with Crippen LogP contribution in [0.2, 0.25) is 0 Å². The van der Waals surface area contributed by atoms with E-state index in [-0.39, 0.29) is 5.75 Å². The van der Waals surface area contributed by atoms with Crippen molar-refractivity contribution in [1.29, 1.82) is 0 Å². The highest BCUT2D eigenvalue weighted by Gasteiger charge is 2.30. The normalized spacial score (nSPS) is 25.7. The Morgan fingerprint density at radius 3 is 2.56 bits per heavy atom. The van der Waals surface area contributed by atoms with Crippen molar-refractivity contribution in [2.45, 2.75) is 6.04 Å². The van der Waals surface area contributed by atoms with Crippen LogP contribution in [0.15, 0.2) is 0 Å². The molecular weight excluding hydrogens is 142 g/mol. The Kier molecular flexibility index (Phi) is 1.61. The molecule has 0 bridgehead atoms. The summed E-state index contributed by atoms with van der Waals surface area (Å²) in [7, 11) is 0. The van der Waals surface area contributed by atoms with Crippen LogP contribution in [0.5, 0.6) is 0 Å². The summed E-state index contributed by atoms with van der Waals surface area (Å²) in [6, 6.07) is -0.555. The predicted octanol–water partition coefficient (Wildman–Crippen LogP) is -0.449. The number of carbonyl (C=O) groups excluding carboxylic acids is 2. The molecule has 0 aromatic heterocycles. The molecule has 0 radical (unpaired) electrons. The van der Waals surface area contributed by atoms with Crippen LogP contribution in [0.25, 0.3) is 0 Å². The Labute approximate surface area is 57.0 Å². The van der Waals surface area contributed by atoms with Crippen LogP contribution in [0, 0.1) is 0 Å². The minimum absolute atomic E-state index is 0.282. The molecule has 1 N–H and O–H groups in total. The first-order valence-electron chi connectivity index (χ1n) is 2.37. The van der Waals surface area contributed by atoms with Gasteiger partial charge < -0.3 is 10.1 Å². The maximum atomic E-state index is 10.5. The van der Waals surface area contributed by atoms with E-state index >= 15 is 0 Å². The van der Waals surface area contributed by atoms with Gasteiger partial charge in [-0.05, 0) is 0 Å². The van der Waals surface area contributed by atoms with E-state index in [1.165, 1.54) is 0 Å². The number of hydrogen-bond donors (Lipinski definition) is 2. The summed E-state index contributed by atoms with van der Waals surface area (Å²) in [5, 5.41) is 2.27. The van der Waals surface area contributed by atoms with Crippen LogP contribution in [0.1, 0.15) is 0 Å². The van der Waals surface area contributed by atoms with E-state index in [9.17, 15) is 9.59 Å². The van der Waals surface area contributed by atoms with Gasteiger partial charge in [-0.2, -0.15) is 12.6 Å². The average molecular weight is 147 g/mol. The molecule has 0 aromatic rings. The van der Waals surface area contributed by atoms with Crippen molar-refractivity contribution in [2.75, 3.05) is 5.75 Å². The van der Waals surface area contributed by atoms with Crippen molar-refractivity contribution < 1.29 is 14.3 Å². The molecule has 1 aliphatic heterocycles. The highest BCUT2D eigenvalue weighted by Crippen LogP contribution is 2.00. The number of alkyl carbamates (subject to hydrolysis) is 1. The molecular formula is C4H5NO3S. The molecule has 1 rings (SSSR count). The number of carbonyl (C=O) groups is 2. The maximum absolute atomic E-state index is 10.5. The first-order chi connectivity index (χ1) is 4.24. The smallest absolute Gasteiger partial charge is 0.375 e. The van der Waals surface area contributed by atoms with E-state index < -0.39 is 18.1 Å². The topological polar surface area (TPSA) is 55.4 Å². The van der Waals surface area contributed by atoms with Crippen LogP contribution in [-0.4, -0.2) is 23.9 Å². The molecule has 0 spiro atoms. The lowest BCUT2D eigenvalue weighted by Crippen LogP contribution is -2.30. The third kappa shape index (κ3) is 1.16. The Bertz CT molecular complexity index is 158. The molecule has 5 heteroatoms. The summed E-state index contributed by atoms with van der Waals surface area (Å²) in [6.45, 7) is 0. The third-order valence-corrected chi connectivity index (χ3v) is 1.32. The van der Waals surface area contributed by atoms with Gasteiger partial charge in [0.05, 0.1) is 0 Å². The number of ether oxygens (including phenoxy) is 1. The zero-order chi connectivity index (χ0) is 6.85. The summed E-state index contributed by atoms with van der Waals surface area (Å²) in [4.78, 5) is 20.7. The Balaban J connectivity index is 2.58. The van der Waals surface area contributed by atoms with Gasteiger partial charge in [0.1, 0.15) is 6.04 Å². The van der Waals surface area contributed by atoms with Gasteiger partial charge in [-0.1, -0.05) is 0 Å². The largest absolute Gasteiger partial charge is 0.415 e. The number of nitrogens with one attached hydrogen (secondary N) is 1.